The lowest BCUT2D eigenvalue weighted by Gasteiger charge is -2.25. The summed E-state index contributed by atoms with van der Waals surface area (Å²) < 4.78 is 30.1. The molecule has 0 N–H and O–H groups in total. The Morgan fingerprint density at radius 2 is 1.36 bits per heavy atom. The summed E-state index contributed by atoms with van der Waals surface area (Å²) in [5.74, 6) is 1.32. The third-order valence-corrected chi connectivity index (χ3v) is 4.97. The van der Waals surface area contributed by atoms with Gasteiger partial charge in [0.2, 0.25) is 0 Å². The predicted octanol–water partition coefficient (Wildman–Crippen LogP) is 6.14. The van der Waals surface area contributed by atoms with E-state index in [-0.39, 0.29) is 5.41 Å². The highest BCUT2D eigenvalue weighted by molar-refractivity contribution is 7.49. The van der Waals surface area contributed by atoms with E-state index in [1.165, 1.54) is 0 Å². The Hall–Kier alpha value is -2.45. The molecular formula is C20H21O4P. The van der Waals surface area contributed by atoms with Crippen LogP contribution in [0, 0.1) is 5.41 Å². The lowest BCUT2D eigenvalue weighted by atomic mass is 9.86. The first-order chi connectivity index (χ1) is 11.9. The maximum absolute atomic E-state index is 13.2. The largest absolute Gasteiger partial charge is 0.647 e. The van der Waals surface area contributed by atoms with E-state index in [2.05, 4.69) is 13.8 Å². The maximum atomic E-state index is 13.2. The van der Waals surface area contributed by atoms with Gasteiger partial charge in [-0.1, -0.05) is 56.3 Å². The van der Waals surface area contributed by atoms with Crippen molar-refractivity contribution in [2.45, 2.75) is 20.3 Å². The zero-order valence-corrected chi connectivity index (χ0v) is 15.2. The molecule has 1 aliphatic rings. The number of rotatable bonds is 6. The molecule has 0 amide bonds. The summed E-state index contributed by atoms with van der Waals surface area (Å²) in [7, 11) is -3.89. The quantitative estimate of drug-likeness (QED) is 0.583. The molecule has 0 unspecified atom stereocenters. The summed E-state index contributed by atoms with van der Waals surface area (Å²) in [4.78, 5) is 0. The van der Waals surface area contributed by atoms with E-state index in [1.807, 2.05) is 24.3 Å². The highest BCUT2D eigenvalue weighted by Crippen LogP contribution is 2.52. The fourth-order valence-electron chi connectivity index (χ4n) is 2.28. The van der Waals surface area contributed by atoms with Gasteiger partial charge in [0.1, 0.15) is 17.3 Å². The van der Waals surface area contributed by atoms with Crippen LogP contribution in [-0.2, 0) is 9.09 Å². The molecule has 0 saturated carbocycles. The van der Waals surface area contributed by atoms with Crippen LogP contribution in [0.3, 0.4) is 0 Å². The molecule has 25 heavy (non-hydrogen) atoms. The van der Waals surface area contributed by atoms with Crippen LogP contribution in [-0.4, -0.2) is 0 Å². The molecule has 1 aliphatic carbocycles. The number of phosphoric ester groups is 1. The van der Waals surface area contributed by atoms with Gasteiger partial charge in [0.25, 0.3) is 0 Å². The Bertz CT molecular complexity index is 765. The molecule has 4 nitrogen and oxygen atoms in total. The number of hydrogen-bond donors (Lipinski definition) is 0. The topological polar surface area (TPSA) is 44.8 Å². The molecule has 5 heteroatoms. The molecule has 0 aliphatic heterocycles. The number of hydrogen-bond acceptors (Lipinski definition) is 4. The minimum atomic E-state index is -3.89. The Morgan fingerprint density at radius 3 is 1.80 bits per heavy atom. The van der Waals surface area contributed by atoms with Crippen LogP contribution in [0.1, 0.15) is 20.3 Å². The second-order valence-electron chi connectivity index (χ2n) is 6.48. The molecule has 0 fully saturated rings. The van der Waals surface area contributed by atoms with Gasteiger partial charge in [-0.2, -0.15) is 4.57 Å². The van der Waals surface area contributed by atoms with Crippen molar-refractivity contribution in [1.29, 1.82) is 0 Å². The smallest absolute Gasteiger partial charge is 0.386 e. The van der Waals surface area contributed by atoms with Crippen LogP contribution < -0.4 is 9.05 Å². The van der Waals surface area contributed by atoms with Crippen LogP contribution in [0.4, 0.5) is 0 Å². The Kier molecular flexibility index (Phi) is 5.00. The molecule has 0 aromatic heterocycles. The van der Waals surface area contributed by atoms with Crippen LogP contribution in [0.15, 0.2) is 84.7 Å². The summed E-state index contributed by atoms with van der Waals surface area (Å²) in [5, 5.41) is 0. The van der Waals surface area contributed by atoms with E-state index in [0.717, 1.165) is 6.42 Å². The molecule has 0 saturated heterocycles. The number of allylic oxidation sites excluding steroid dienone is 3. The standard InChI is InChI=1S/C20H21O4P/c1-20(2)15-13-19(14-16-20)24-25(21,22-17-9-5-3-6-10-17)23-18-11-7-4-8-12-18/h3-15H,16H2,1-2H3. The molecule has 130 valence electrons. The van der Waals surface area contributed by atoms with Crippen molar-refractivity contribution in [3.8, 4) is 11.5 Å². The van der Waals surface area contributed by atoms with Gasteiger partial charge >= 0.3 is 7.82 Å². The van der Waals surface area contributed by atoms with Gasteiger partial charge in [-0.05, 0) is 48.3 Å². The minimum Gasteiger partial charge on any atom is -0.386 e. The highest BCUT2D eigenvalue weighted by atomic mass is 31.2. The molecule has 0 bridgehead atoms. The maximum Gasteiger partial charge on any atom is 0.647 e. The molecule has 2 aromatic rings. The third-order valence-electron chi connectivity index (χ3n) is 3.67. The zero-order chi connectivity index (χ0) is 17.8. The first-order valence-electron chi connectivity index (χ1n) is 8.13. The zero-order valence-electron chi connectivity index (χ0n) is 14.3. The fourth-order valence-corrected chi connectivity index (χ4v) is 3.55. The van der Waals surface area contributed by atoms with Crippen LogP contribution >= 0.6 is 7.82 Å². The van der Waals surface area contributed by atoms with Gasteiger partial charge in [0.05, 0.1) is 0 Å². The first kappa shape index (κ1) is 17.4. The van der Waals surface area contributed by atoms with Gasteiger partial charge < -0.3 is 13.6 Å². The summed E-state index contributed by atoms with van der Waals surface area (Å²) in [6.45, 7) is 4.24. The predicted molar refractivity (Wildman–Crippen MR) is 98.5 cm³/mol. The minimum absolute atomic E-state index is 0.0530. The van der Waals surface area contributed by atoms with Gasteiger partial charge in [-0.25, -0.2) is 0 Å². The lowest BCUT2D eigenvalue weighted by Crippen LogP contribution is -2.11. The Balaban J connectivity index is 1.83. The van der Waals surface area contributed by atoms with Crippen molar-refractivity contribution in [3.05, 3.63) is 84.7 Å². The summed E-state index contributed by atoms with van der Waals surface area (Å²) in [6.07, 6.45) is 6.52. The van der Waals surface area contributed by atoms with Crippen LogP contribution in [0.5, 0.6) is 11.5 Å². The second kappa shape index (κ2) is 7.20. The monoisotopic (exact) mass is 356 g/mol. The van der Waals surface area contributed by atoms with Gasteiger partial charge in [-0.3, -0.25) is 0 Å². The molecular weight excluding hydrogens is 335 g/mol. The summed E-state index contributed by atoms with van der Waals surface area (Å²) >= 11 is 0. The molecule has 2 aromatic carbocycles. The van der Waals surface area contributed by atoms with Crippen molar-refractivity contribution in [1.82, 2.24) is 0 Å². The summed E-state index contributed by atoms with van der Waals surface area (Å²) in [6, 6.07) is 17.7. The van der Waals surface area contributed by atoms with E-state index >= 15 is 0 Å². The normalized spacial score (nSPS) is 16.0. The van der Waals surface area contributed by atoms with Crippen LogP contribution in [0.2, 0.25) is 0 Å². The number of benzene rings is 2. The average Bonchev–Trinajstić information content (AvgIpc) is 2.58. The lowest BCUT2D eigenvalue weighted by molar-refractivity contribution is 0.259. The molecule has 0 atom stereocenters. The Morgan fingerprint density at radius 1 is 0.840 bits per heavy atom. The highest BCUT2D eigenvalue weighted by Gasteiger charge is 2.34. The van der Waals surface area contributed by atoms with Crippen molar-refractivity contribution in [3.63, 3.8) is 0 Å². The molecule has 0 spiro atoms. The Labute approximate surface area is 148 Å². The fraction of sp³-hybridized carbons (Fsp3) is 0.200. The van der Waals surface area contributed by atoms with E-state index in [9.17, 15) is 4.57 Å². The van der Waals surface area contributed by atoms with Crippen molar-refractivity contribution >= 4 is 7.82 Å². The van der Waals surface area contributed by atoms with E-state index in [0.29, 0.717) is 17.3 Å². The molecule has 3 rings (SSSR count). The average molecular weight is 356 g/mol. The number of phosphoric acid groups is 1. The van der Waals surface area contributed by atoms with Crippen LogP contribution in [0.25, 0.3) is 0 Å². The van der Waals surface area contributed by atoms with Gasteiger partial charge in [0, 0.05) is 0 Å². The molecule has 0 radical (unpaired) electrons. The molecule has 0 heterocycles. The first-order valence-corrected chi connectivity index (χ1v) is 9.59. The van der Waals surface area contributed by atoms with Crippen molar-refractivity contribution in [2.24, 2.45) is 5.41 Å². The van der Waals surface area contributed by atoms with Crippen molar-refractivity contribution < 1.29 is 18.1 Å². The van der Waals surface area contributed by atoms with E-state index in [4.69, 9.17) is 13.6 Å². The van der Waals surface area contributed by atoms with E-state index in [1.54, 1.807) is 54.6 Å². The van der Waals surface area contributed by atoms with Gasteiger partial charge in [-0.15, -0.1) is 0 Å². The van der Waals surface area contributed by atoms with Crippen molar-refractivity contribution in [2.75, 3.05) is 0 Å². The van der Waals surface area contributed by atoms with E-state index < -0.39 is 7.82 Å². The second-order valence-corrected chi connectivity index (χ2v) is 7.92. The third kappa shape index (κ3) is 5.01. The van der Waals surface area contributed by atoms with Gasteiger partial charge in [0.15, 0.2) is 0 Å². The summed E-state index contributed by atoms with van der Waals surface area (Å²) in [5.41, 5.74) is 0.0530. The SMILES string of the molecule is CC1(C)C=CC(OP(=O)(Oc2ccccc2)Oc2ccccc2)=CC1. The number of para-hydroxylation sites is 2.